The predicted molar refractivity (Wildman–Crippen MR) is 137 cm³/mol. The molecule has 2 amide bonds. The van der Waals surface area contributed by atoms with Crippen LogP contribution in [0, 0.1) is 0 Å². The van der Waals surface area contributed by atoms with Gasteiger partial charge in [-0.1, -0.05) is 42.5 Å². The fraction of sp³-hybridized carbons (Fsp3) is 0.345. The Morgan fingerprint density at radius 1 is 0.882 bits per heavy atom. The number of nitrogens with one attached hydrogen (secondary N) is 1. The summed E-state index contributed by atoms with van der Waals surface area (Å²) in [6.07, 6.45) is 4.16. The molecule has 0 saturated heterocycles. The van der Waals surface area contributed by atoms with E-state index in [2.05, 4.69) is 35.6 Å². The first-order chi connectivity index (χ1) is 16.7. The first kappa shape index (κ1) is 23.7. The quantitative estimate of drug-likeness (QED) is 0.401. The van der Waals surface area contributed by atoms with Gasteiger partial charge in [-0.15, -0.1) is 0 Å². The summed E-state index contributed by atoms with van der Waals surface area (Å²) < 4.78 is 10.8. The summed E-state index contributed by atoms with van der Waals surface area (Å²) in [4.78, 5) is 15.5. The smallest absolute Gasteiger partial charge is 0.322 e. The van der Waals surface area contributed by atoms with E-state index in [1.807, 2.05) is 60.4 Å². The zero-order valence-corrected chi connectivity index (χ0v) is 20.1. The van der Waals surface area contributed by atoms with E-state index < -0.39 is 0 Å². The van der Waals surface area contributed by atoms with Crippen LogP contribution in [0.15, 0.2) is 78.9 Å². The Bertz CT molecular complexity index is 1030. The second-order valence-electron chi connectivity index (χ2n) is 8.78. The normalized spacial score (nSPS) is 17.6. The first-order valence-electron chi connectivity index (χ1n) is 12.1. The molecule has 0 spiro atoms. The summed E-state index contributed by atoms with van der Waals surface area (Å²) in [5.41, 5.74) is 3.26. The van der Waals surface area contributed by atoms with Crippen LogP contribution in [0.2, 0.25) is 0 Å². The Hall–Kier alpha value is -3.47. The van der Waals surface area contributed by atoms with Crippen LogP contribution in [0.1, 0.15) is 49.7 Å². The number of ether oxygens (including phenoxy) is 2. The van der Waals surface area contributed by atoms with E-state index in [0.717, 1.165) is 48.4 Å². The lowest BCUT2D eigenvalue weighted by atomic mass is 9.81. The molecule has 1 aliphatic rings. The maximum atomic E-state index is 13.5. The van der Waals surface area contributed by atoms with Gasteiger partial charge in [0.05, 0.1) is 13.7 Å². The lowest BCUT2D eigenvalue weighted by Crippen LogP contribution is -2.44. The van der Waals surface area contributed by atoms with Gasteiger partial charge < -0.3 is 19.7 Å². The highest BCUT2D eigenvalue weighted by Gasteiger charge is 2.29. The molecule has 3 aromatic carbocycles. The molecule has 4 rings (SSSR count). The molecule has 1 fully saturated rings. The van der Waals surface area contributed by atoms with E-state index in [1.54, 1.807) is 7.11 Å². The molecule has 5 heteroatoms. The number of hydrogen-bond acceptors (Lipinski definition) is 3. The van der Waals surface area contributed by atoms with Gasteiger partial charge in [-0.05, 0) is 86.1 Å². The van der Waals surface area contributed by atoms with E-state index >= 15 is 0 Å². The molecule has 1 aliphatic carbocycles. The van der Waals surface area contributed by atoms with Crippen LogP contribution in [-0.4, -0.2) is 30.7 Å². The molecule has 0 aliphatic heterocycles. The Kier molecular flexibility index (Phi) is 8.08. The van der Waals surface area contributed by atoms with Crippen molar-refractivity contribution in [3.05, 3.63) is 90.0 Å². The molecule has 0 heterocycles. The van der Waals surface area contributed by atoms with Gasteiger partial charge in [-0.25, -0.2) is 4.79 Å². The van der Waals surface area contributed by atoms with Gasteiger partial charge in [0.2, 0.25) is 0 Å². The molecule has 1 N–H and O–H groups in total. The summed E-state index contributed by atoms with van der Waals surface area (Å²) in [7, 11) is 1.66. The number of amides is 2. The molecule has 0 unspecified atom stereocenters. The van der Waals surface area contributed by atoms with Crippen molar-refractivity contribution in [2.45, 2.75) is 51.1 Å². The van der Waals surface area contributed by atoms with Crippen molar-refractivity contribution >= 4 is 11.7 Å². The zero-order valence-electron chi connectivity index (χ0n) is 20.1. The third-order valence-corrected chi connectivity index (χ3v) is 6.60. The summed E-state index contributed by atoms with van der Waals surface area (Å²) in [6.45, 7) is 3.14. The topological polar surface area (TPSA) is 50.8 Å². The number of carbonyl (C=O) groups excluding carboxylic acids is 1. The molecule has 0 aromatic heterocycles. The number of nitrogens with zero attached hydrogens (tertiary/aromatic N) is 1. The maximum Gasteiger partial charge on any atom is 0.322 e. The van der Waals surface area contributed by atoms with Crippen LogP contribution in [0.25, 0.3) is 0 Å². The maximum absolute atomic E-state index is 13.5. The van der Waals surface area contributed by atoms with Crippen LogP contribution in [0.4, 0.5) is 10.5 Å². The van der Waals surface area contributed by atoms with Crippen LogP contribution in [0.3, 0.4) is 0 Å². The first-order valence-corrected chi connectivity index (χ1v) is 12.1. The molecule has 0 atom stereocenters. The fourth-order valence-electron chi connectivity index (χ4n) is 4.74. The largest absolute Gasteiger partial charge is 0.497 e. The van der Waals surface area contributed by atoms with Crippen molar-refractivity contribution in [1.29, 1.82) is 0 Å². The van der Waals surface area contributed by atoms with E-state index in [-0.39, 0.29) is 12.1 Å². The minimum atomic E-state index is -0.0665. The highest BCUT2D eigenvalue weighted by atomic mass is 16.5. The Balaban J connectivity index is 1.47. The van der Waals surface area contributed by atoms with Gasteiger partial charge in [0, 0.05) is 18.3 Å². The Morgan fingerprint density at radius 2 is 1.53 bits per heavy atom. The number of benzene rings is 3. The number of methoxy groups -OCH3 is 1. The van der Waals surface area contributed by atoms with Crippen LogP contribution in [-0.2, 0) is 6.54 Å². The van der Waals surface area contributed by atoms with Crippen LogP contribution in [0.5, 0.6) is 11.5 Å². The summed E-state index contributed by atoms with van der Waals surface area (Å²) in [5, 5.41) is 3.10. The molecule has 1 saturated carbocycles. The van der Waals surface area contributed by atoms with Crippen molar-refractivity contribution in [3.8, 4) is 11.5 Å². The van der Waals surface area contributed by atoms with E-state index in [4.69, 9.17) is 9.47 Å². The molecule has 3 aromatic rings. The van der Waals surface area contributed by atoms with Gasteiger partial charge >= 0.3 is 6.03 Å². The van der Waals surface area contributed by atoms with Crippen molar-refractivity contribution in [1.82, 2.24) is 4.90 Å². The second kappa shape index (κ2) is 11.6. The number of urea groups is 1. The highest BCUT2D eigenvalue weighted by Crippen LogP contribution is 2.35. The van der Waals surface area contributed by atoms with Crippen molar-refractivity contribution in [2.24, 2.45) is 0 Å². The molecule has 178 valence electrons. The number of carbonyl (C=O) groups is 1. The summed E-state index contributed by atoms with van der Waals surface area (Å²) in [5.74, 6) is 2.18. The van der Waals surface area contributed by atoms with Gasteiger partial charge in [0.1, 0.15) is 11.5 Å². The third kappa shape index (κ3) is 6.10. The highest BCUT2D eigenvalue weighted by molar-refractivity contribution is 5.89. The summed E-state index contributed by atoms with van der Waals surface area (Å²) >= 11 is 0. The zero-order chi connectivity index (χ0) is 23.8. The standard InChI is InChI=1S/C29H34N2O3/c1-3-34-28-19-13-25(14-20-28)30-29(32)31(21-22-9-17-27(33-2)18-10-22)26-15-11-24(12-16-26)23-7-5-4-6-8-23/h4-10,13-14,17-20,24,26H,3,11-12,15-16,21H2,1-2H3,(H,30,32)/t24-,26-. The number of rotatable bonds is 8. The summed E-state index contributed by atoms with van der Waals surface area (Å²) in [6, 6.07) is 26.4. The van der Waals surface area contributed by atoms with Crippen LogP contribution < -0.4 is 14.8 Å². The average Bonchev–Trinajstić information content (AvgIpc) is 2.89. The lowest BCUT2D eigenvalue weighted by molar-refractivity contribution is 0.158. The minimum absolute atomic E-state index is 0.0665. The number of hydrogen-bond donors (Lipinski definition) is 1. The SMILES string of the molecule is CCOc1ccc(NC(=O)N(Cc2ccc(OC)cc2)[C@H]2CC[C@H](c3ccccc3)CC2)cc1. The molecular weight excluding hydrogens is 424 g/mol. The van der Waals surface area contributed by atoms with Crippen molar-refractivity contribution in [2.75, 3.05) is 19.0 Å². The molecule has 34 heavy (non-hydrogen) atoms. The third-order valence-electron chi connectivity index (χ3n) is 6.60. The predicted octanol–water partition coefficient (Wildman–Crippen LogP) is 6.85. The second-order valence-corrected chi connectivity index (χ2v) is 8.78. The van der Waals surface area contributed by atoms with Crippen molar-refractivity contribution in [3.63, 3.8) is 0 Å². The van der Waals surface area contributed by atoms with E-state index in [1.165, 1.54) is 5.56 Å². The molecule has 5 nitrogen and oxygen atoms in total. The van der Waals surface area contributed by atoms with E-state index in [9.17, 15) is 4.79 Å². The Labute approximate surface area is 202 Å². The fourth-order valence-corrected chi connectivity index (χ4v) is 4.74. The van der Waals surface area contributed by atoms with Gasteiger partial charge in [0.25, 0.3) is 0 Å². The molecule has 0 radical (unpaired) electrons. The van der Waals surface area contributed by atoms with Gasteiger partial charge in [-0.2, -0.15) is 0 Å². The Morgan fingerprint density at radius 3 is 2.15 bits per heavy atom. The van der Waals surface area contributed by atoms with Crippen molar-refractivity contribution < 1.29 is 14.3 Å². The van der Waals surface area contributed by atoms with E-state index in [0.29, 0.717) is 19.1 Å². The molecular formula is C29H34N2O3. The average molecular weight is 459 g/mol. The van der Waals surface area contributed by atoms with Gasteiger partial charge in [-0.3, -0.25) is 0 Å². The van der Waals surface area contributed by atoms with Crippen LogP contribution >= 0.6 is 0 Å². The lowest BCUT2D eigenvalue weighted by Gasteiger charge is -2.37. The number of anilines is 1. The minimum Gasteiger partial charge on any atom is -0.497 e. The van der Waals surface area contributed by atoms with Gasteiger partial charge in [0.15, 0.2) is 0 Å². The molecule has 0 bridgehead atoms. The monoisotopic (exact) mass is 458 g/mol.